The molecule has 0 saturated carbocycles. The SMILES string of the molecule is CCCCn1c(-c2ccccc2C)nc(Cl)c1CN(CCC(C)(C)O)Cc1ccc2[nH]ccc2c1. The summed E-state index contributed by atoms with van der Waals surface area (Å²) in [6.07, 6.45) is 4.80. The zero-order valence-electron chi connectivity index (χ0n) is 21.3. The van der Waals surface area contributed by atoms with Gasteiger partial charge in [0.05, 0.1) is 11.3 Å². The Labute approximate surface area is 213 Å². The number of hydrogen-bond acceptors (Lipinski definition) is 3. The lowest BCUT2D eigenvalue weighted by Gasteiger charge is -2.27. The van der Waals surface area contributed by atoms with Gasteiger partial charge in [0.15, 0.2) is 5.15 Å². The second kappa shape index (κ2) is 11.0. The Kier molecular flexibility index (Phi) is 8.00. The summed E-state index contributed by atoms with van der Waals surface area (Å²) in [5.74, 6) is 0.938. The number of imidazole rings is 1. The minimum atomic E-state index is -0.735. The highest BCUT2D eigenvalue weighted by molar-refractivity contribution is 6.30. The van der Waals surface area contributed by atoms with Crippen LogP contribution in [0.4, 0.5) is 0 Å². The Morgan fingerprint density at radius 2 is 1.91 bits per heavy atom. The van der Waals surface area contributed by atoms with Crippen molar-refractivity contribution in [3.63, 3.8) is 0 Å². The fraction of sp³-hybridized carbons (Fsp3) is 0.414. The van der Waals surface area contributed by atoms with E-state index in [2.05, 4.69) is 76.8 Å². The normalized spacial score (nSPS) is 12.2. The van der Waals surface area contributed by atoms with E-state index in [1.165, 1.54) is 16.5 Å². The fourth-order valence-electron chi connectivity index (χ4n) is 4.51. The molecule has 0 atom stereocenters. The number of hydrogen-bond donors (Lipinski definition) is 2. The van der Waals surface area contributed by atoms with E-state index in [0.717, 1.165) is 55.1 Å². The Hall–Kier alpha value is -2.60. The maximum absolute atomic E-state index is 10.4. The largest absolute Gasteiger partial charge is 0.390 e. The van der Waals surface area contributed by atoms with Crippen LogP contribution in [0.15, 0.2) is 54.7 Å². The first kappa shape index (κ1) is 25.5. The van der Waals surface area contributed by atoms with Gasteiger partial charge in [0, 0.05) is 43.5 Å². The number of rotatable bonds is 11. The predicted octanol–water partition coefficient (Wildman–Crippen LogP) is 6.96. The van der Waals surface area contributed by atoms with E-state index < -0.39 is 5.60 Å². The van der Waals surface area contributed by atoms with Gasteiger partial charge in [-0.15, -0.1) is 0 Å². The van der Waals surface area contributed by atoms with E-state index in [0.29, 0.717) is 18.1 Å². The zero-order valence-corrected chi connectivity index (χ0v) is 22.1. The van der Waals surface area contributed by atoms with Gasteiger partial charge in [-0.1, -0.05) is 55.3 Å². The van der Waals surface area contributed by atoms with Crippen molar-refractivity contribution in [1.29, 1.82) is 0 Å². The Balaban J connectivity index is 1.68. The van der Waals surface area contributed by atoms with E-state index in [4.69, 9.17) is 16.6 Å². The second-order valence-electron chi connectivity index (χ2n) is 10.2. The molecule has 186 valence electrons. The third-order valence-corrected chi connectivity index (χ3v) is 6.88. The van der Waals surface area contributed by atoms with Crippen LogP contribution in [0.2, 0.25) is 5.15 Å². The molecule has 5 nitrogen and oxygen atoms in total. The molecule has 0 aliphatic carbocycles. The molecule has 6 heteroatoms. The van der Waals surface area contributed by atoms with E-state index >= 15 is 0 Å². The first-order valence-electron chi connectivity index (χ1n) is 12.6. The summed E-state index contributed by atoms with van der Waals surface area (Å²) in [7, 11) is 0. The zero-order chi connectivity index (χ0) is 25.0. The van der Waals surface area contributed by atoms with Crippen molar-refractivity contribution in [2.45, 2.75) is 72.2 Å². The molecule has 0 bridgehead atoms. The van der Waals surface area contributed by atoms with Crippen molar-refractivity contribution < 1.29 is 5.11 Å². The van der Waals surface area contributed by atoms with Crippen LogP contribution < -0.4 is 0 Å². The maximum Gasteiger partial charge on any atom is 0.152 e. The topological polar surface area (TPSA) is 57.1 Å². The van der Waals surface area contributed by atoms with Crippen LogP contribution >= 0.6 is 11.6 Å². The van der Waals surface area contributed by atoms with Gasteiger partial charge < -0.3 is 14.7 Å². The van der Waals surface area contributed by atoms with Crippen LogP contribution in [0.5, 0.6) is 0 Å². The van der Waals surface area contributed by atoms with E-state index in [1.54, 1.807) is 0 Å². The van der Waals surface area contributed by atoms with Gasteiger partial charge in [0.25, 0.3) is 0 Å². The molecule has 4 aromatic rings. The average molecular weight is 493 g/mol. The van der Waals surface area contributed by atoms with Gasteiger partial charge in [0.1, 0.15) is 5.82 Å². The molecule has 0 aliphatic heterocycles. The van der Waals surface area contributed by atoms with Crippen molar-refractivity contribution >= 4 is 22.5 Å². The number of nitrogens with zero attached hydrogens (tertiary/aromatic N) is 3. The summed E-state index contributed by atoms with van der Waals surface area (Å²) < 4.78 is 2.31. The number of aromatic nitrogens is 3. The van der Waals surface area contributed by atoms with Gasteiger partial charge in [-0.3, -0.25) is 4.90 Å². The summed E-state index contributed by atoms with van der Waals surface area (Å²) in [5, 5.41) is 12.2. The molecule has 2 aromatic heterocycles. The monoisotopic (exact) mass is 492 g/mol. The lowest BCUT2D eigenvalue weighted by atomic mass is 10.0. The second-order valence-corrected chi connectivity index (χ2v) is 10.5. The lowest BCUT2D eigenvalue weighted by Crippen LogP contribution is -2.31. The number of unbranched alkanes of at least 4 members (excludes halogenated alkanes) is 1. The number of aromatic amines is 1. The van der Waals surface area contributed by atoms with Crippen molar-refractivity contribution in [1.82, 2.24) is 19.4 Å². The number of aryl methyl sites for hydroxylation is 1. The maximum atomic E-state index is 10.4. The summed E-state index contributed by atoms with van der Waals surface area (Å²) in [4.78, 5) is 10.5. The molecule has 0 fully saturated rings. The van der Waals surface area contributed by atoms with Crippen molar-refractivity contribution in [3.05, 3.63) is 76.7 Å². The minimum Gasteiger partial charge on any atom is -0.390 e. The highest BCUT2D eigenvalue weighted by Gasteiger charge is 2.22. The smallest absolute Gasteiger partial charge is 0.152 e. The van der Waals surface area contributed by atoms with E-state index in [-0.39, 0.29) is 0 Å². The molecule has 2 aromatic carbocycles. The highest BCUT2D eigenvalue weighted by Crippen LogP contribution is 2.30. The van der Waals surface area contributed by atoms with Crippen LogP contribution in [0, 0.1) is 6.92 Å². The third kappa shape index (κ3) is 6.35. The third-order valence-electron chi connectivity index (χ3n) is 6.58. The number of halogens is 1. The summed E-state index contributed by atoms with van der Waals surface area (Å²) in [5.41, 5.74) is 5.00. The van der Waals surface area contributed by atoms with Crippen molar-refractivity contribution in [3.8, 4) is 11.4 Å². The minimum absolute atomic E-state index is 0.564. The van der Waals surface area contributed by atoms with Crippen LogP contribution in [0.3, 0.4) is 0 Å². The predicted molar refractivity (Wildman–Crippen MR) is 146 cm³/mol. The van der Waals surface area contributed by atoms with Gasteiger partial charge in [0.2, 0.25) is 0 Å². The van der Waals surface area contributed by atoms with Crippen LogP contribution in [0.1, 0.15) is 56.9 Å². The standard InChI is InChI=1S/C29H37ClN4O/c1-5-6-16-34-26(27(30)32-28(34)24-10-8-7-9-21(24)2)20-33(17-14-29(3,4)35)19-22-11-12-25-23(18-22)13-15-31-25/h7-13,15,18,31,35H,5-6,14,16-17,19-20H2,1-4H3. The number of fused-ring (bicyclic) bond motifs is 1. The lowest BCUT2D eigenvalue weighted by molar-refractivity contribution is 0.0550. The molecule has 2 N–H and O–H groups in total. The Morgan fingerprint density at radius 3 is 2.66 bits per heavy atom. The quantitative estimate of drug-likeness (QED) is 0.238. The summed E-state index contributed by atoms with van der Waals surface area (Å²) in [6, 6.07) is 17.0. The van der Waals surface area contributed by atoms with E-state index in [9.17, 15) is 5.11 Å². The van der Waals surface area contributed by atoms with Gasteiger partial charge in [-0.05, 0) is 68.3 Å². The molecule has 0 spiro atoms. The summed E-state index contributed by atoms with van der Waals surface area (Å²) in [6.45, 7) is 11.1. The van der Waals surface area contributed by atoms with Crippen molar-refractivity contribution in [2.75, 3.05) is 6.54 Å². The number of aliphatic hydroxyl groups is 1. The van der Waals surface area contributed by atoms with Gasteiger partial charge >= 0.3 is 0 Å². The van der Waals surface area contributed by atoms with Gasteiger partial charge in [-0.2, -0.15) is 0 Å². The van der Waals surface area contributed by atoms with Crippen LogP contribution in [-0.2, 0) is 19.6 Å². The van der Waals surface area contributed by atoms with Crippen molar-refractivity contribution in [2.24, 2.45) is 0 Å². The average Bonchev–Trinajstić information content (AvgIpc) is 3.40. The fourth-order valence-corrected chi connectivity index (χ4v) is 4.75. The molecule has 0 unspecified atom stereocenters. The molecule has 0 saturated heterocycles. The number of benzene rings is 2. The van der Waals surface area contributed by atoms with Crippen LogP contribution in [-0.4, -0.2) is 36.7 Å². The molecule has 35 heavy (non-hydrogen) atoms. The number of H-pyrrole nitrogens is 1. The van der Waals surface area contributed by atoms with Crippen LogP contribution in [0.25, 0.3) is 22.3 Å². The molecular weight excluding hydrogens is 456 g/mol. The number of nitrogens with one attached hydrogen (secondary N) is 1. The molecule has 0 radical (unpaired) electrons. The molecular formula is C29H37ClN4O. The first-order chi connectivity index (χ1) is 16.7. The Morgan fingerprint density at radius 1 is 1.11 bits per heavy atom. The van der Waals surface area contributed by atoms with E-state index in [1.807, 2.05) is 20.0 Å². The molecule has 0 aliphatic rings. The molecule has 2 heterocycles. The van der Waals surface area contributed by atoms with Gasteiger partial charge in [-0.25, -0.2) is 4.98 Å². The first-order valence-corrected chi connectivity index (χ1v) is 12.9. The molecule has 0 amide bonds. The highest BCUT2D eigenvalue weighted by atomic mass is 35.5. The summed E-state index contributed by atoms with van der Waals surface area (Å²) >= 11 is 6.82. The molecule has 4 rings (SSSR count). The Bertz CT molecular complexity index is 1270.